The van der Waals surface area contributed by atoms with Gasteiger partial charge in [-0.15, -0.1) is 11.6 Å². The van der Waals surface area contributed by atoms with E-state index in [0.717, 1.165) is 39.9 Å². The van der Waals surface area contributed by atoms with Crippen LogP contribution in [0.1, 0.15) is 11.5 Å². The maximum absolute atomic E-state index is 6.06. The quantitative estimate of drug-likeness (QED) is 0.683. The average Bonchev–Trinajstić information content (AvgIpc) is 3.15. The number of hydrogen-bond acceptors (Lipinski definition) is 4. The summed E-state index contributed by atoms with van der Waals surface area (Å²) in [5.74, 6) is 2.59. The highest BCUT2D eigenvalue weighted by Gasteiger charge is 2.20. The van der Waals surface area contributed by atoms with Gasteiger partial charge < -0.3 is 9.47 Å². The summed E-state index contributed by atoms with van der Waals surface area (Å²) in [7, 11) is 1.90. The first-order chi connectivity index (χ1) is 10.2. The average molecular weight is 305 g/mol. The molecular weight excluding hydrogens is 292 g/mol. The lowest BCUT2D eigenvalue weighted by molar-refractivity contribution is 0.174. The van der Waals surface area contributed by atoms with E-state index in [2.05, 4.69) is 10.1 Å². The van der Waals surface area contributed by atoms with Crippen LogP contribution in [-0.4, -0.2) is 26.1 Å². The van der Waals surface area contributed by atoms with E-state index in [9.17, 15) is 0 Å². The maximum Gasteiger partial charge on any atom is 0.231 e. The van der Waals surface area contributed by atoms with Gasteiger partial charge in [-0.3, -0.25) is 4.57 Å². The van der Waals surface area contributed by atoms with Crippen molar-refractivity contribution in [2.24, 2.45) is 7.05 Å². The molecule has 0 fully saturated rings. The Hall–Kier alpha value is -2.21. The number of hydrogen-bond donors (Lipinski definition) is 0. The minimum atomic E-state index is 0.255. The Morgan fingerprint density at radius 3 is 2.90 bits per heavy atom. The van der Waals surface area contributed by atoms with Gasteiger partial charge in [-0.1, -0.05) is 0 Å². The second-order valence-electron chi connectivity index (χ2n) is 4.92. The summed E-state index contributed by atoms with van der Waals surface area (Å²) in [5.41, 5.74) is 3.60. The summed E-state index contributed by atoms with van der Waals surface area (Å²) in [6.07, 6.45) is 0. The number of fused-ring (bicyclic) bond motifs is 2. The van der Waals surface area contributed by atoms with Gasteiger partial charge in [0, 0.05) is 13.1 Å². The number of aromatic nitrogens is 4. The molecule has 0 radical (unpaired) electrons. The fourth-order valence-corrected chi connectivity index (χ4v) is 2.88. The molecule has 3 heterocycles. The van der Waals surface area contributed by atoms with Crippen molar-refractivity contribution >= 4 is 22.8 Å². The predicted molar refractivity (Wildman–Crippen MR) is 78.3 cm³/mol. The van der Waals surface area contributed by atoms with Gasteiger partial charge >= 0.3 is 0 Å². The highest BCUT2D eigenvalue weighted by molar-refractivity contribution is 6.17. The van der Waals surface area contributed by atoms with Crippen LogP contribution >= 0.6 is 11.6 Å². The van der Waals surface area contributed by atoms with Gasteiger partial charge in [0.2, 0.25) is 6.79 Å². The number of nitrogens with zero attached hydrogens (tertiary/aromatic N) is 4. The number of imidazole rings is 1. The smallest absolute Gasteiger partial charge is 0.231 e. The second kappa shape index (κ2) is 4.39. The number of rotatable bonds is 2. The van der Waals surface area contributed by atoms with Gasteiger partial charge in [0.15, 0.2) is 17.1 Å². The zero-order valence-electron chi connectivity index (χ0n) is 11.6. The highest BCUT2D eigenvalue weighted by atomic mass is 35.5. The van der Waals surface area contributed by atoms with Gasteiger partial charge in [0.1, 0.15) is 11.3 Å². The molecule has 1 aliphatic rings. The van der Waals surface area contributed by atoms with Crippen molar-refractivity contribution in [3.05, 3.63) is 29.7 Å². The minimum absolute atomic E-state index is 0.255. The predicted octanol–water partition coefficient (Wildman–Crippen LogP) is 2.53. The van der Waals surface area contributed by atoms with Gasteiger partial charge in [-0.05, 0) is 19.1 Å². The summed E-state index contributed by atoms with van der Waals surface area (Å²) in [6.45, 7) is 2.20. The minimum Gasteiger partial charge on any atom is -0.454 e. The molecule has 2 aromatic heterocycles. The molecule has 108 valence electrons. The van der Waals surface area contributed by atoms with E-state index in [1.165, 1.54) is 0 Å². The fraction of sp³-hybridized carbons (Fsp3) is 0.286. The zero-order valence-corrected chi connectivity index (χ0v) is 12.4. The Labute approximate surface area is 125 Å². The van der Waals surface area contributed by atoms with Crippen molar-refractivity contribution in [2.75, 3.05) is 6.79 Å². The van der Waals surface area contributed by atoms with Gasteiger partial charge in [-0.25, -0.2) is 9.67 Å². The van der Waals surface area contributed by atoms with Gasteiger partial charge in [0.05, 0.1) is 17.3 Å². The first kappa shape index (κ1) is 12.5. The molecule has 0 saturated heterocycles. The summed E-state index contributed by atoms with van der Waals surface area (Å²) < 4.78 is 14.6. The topological polar surface area (TPSA) is 54.1 Å². The maximum atomic E-state index is 6.06. The molecule has 4 rings (SSSR count). The van der Waals surface area contributed by atoms with Crippen LogP contribution in [0, 0.1) is 6.92 Å². The zero-order chi connectivity index (χ0) is 14.6. The standard InChI is InChI=1S/C14H13ClN4O2/c1-8-13-14(18(2)17-8)19(12(6-15)16-13)9-3-4-10-11(5-9)21-7-20-10/h3-5H,6-7H2,1-2H3. The lowest BCUT2D eigenvalue weighted by atomic mass is 10.2. The number of benzene rings is 1. The van der Waals surface area contributed by atoms with Crippen LogP contribution in [0.25, 0.3) is 16.9 Å². The molecule has 0 atom stereocenters. The lowest BCUT2D eigenvalue weighted by Crippen LogP contribution is -2.04. The van der Waals surface area contributed by atoms with Crippen LogP contribution in [0.4, 0.5) is 0 Å². The van der Waals surface area contributed by atoms with E-state index in [4.69, 9.17) is 21.1 Å². The molecule has 1 aliphatic heterocycles. The monoisotopic (exact) mass is 304 g/mol. The molecule has 0 bridgehead atoms. The summed E-state index contributed by atoms with van der Waals surface area (Å²) >= 11 is 6.06. The SMILES string of the molecule is Cc1nn(C)c2c1nc(CCl)n2-c1ccc2c(c1)OCO2. The highest BCUT2D eigenvalue weighted by Crippen LogP contribution is 2.35. The first-order valence-corrected chi connectivity index (χ1v) is 7.09. The summed E-state index contributed by atoms with van der Waals surface area (Å²) in [6, 6.07) is 5.79. The van der Waals surface area contributed by atoms with E-state index < -0.39 is 0 Å². The molecule has 6 nitrogen and oxygen atoms in total. The largest absolute Gasteiger partial charge is 0.454 e. The Morgan fingerprint density at radius 2 is 2.10 bits per heavy atom. The Kier molecular flexibility index (Phi) is 2.62. The molecular formula is C14H13ClN4O2. The fourth-order valence-electron chi connectivity index (χ4n) is 2.70. The first-order valence-electron chi connectivity index (χ1n) is 6.56. The van der Waals surface area contributed by atoms with Crippen molar-refractivity contribution in [2.45, 2.75) is 12.8 Å². The van der Waals surface area contributed by atoms with E-state index in [-0.39, 0.29) is 6.79 Å². The van der Waals surface area contributed by atoms with Crippen LogP contribution in [0.3, 0.4) is 0 Å². The van der Waals surface area contributed by atoms with Crippen molar-refractivity contribution in [3.63, 3.8) is 0 Å². The summed E-state index contributed by atoms with van der Waals surface area (Å²) in [5, 5.41) is 4.42. The number of halogens is 1. The third-order valence-electron chi connectivity index (χ3n) is 3.61. The molecule has 0 unspecified atom stereocenters. The molecule has 0 spiro atoms. The van der Waals surface area contributed by atoms with Crippen LogP contribution < -0.4 is 9.47 Å². The van der Waals surface area contributed by atoms with Crippen LogP contribution in [0.15, 0.2) is 18.2 Å². The van der Waals surface area contributed by atoms with Crippen molar-refractivity contribution < 1.29 is 9.47 Å². The molecule has 7 heteroatoms. The molecule has 0 aliphatic carbocycles. The van der Waals surface area contributed by atoms with Crippen LogP contribution in [-0.2, 0) is 12.9 Å². The Balaban J connectivity index is 2.00. The van der Waals surface area contributed by atoms with E-state index in [1.54, 1.807) is 0 Å². The van der Waals surface area contributed by atoms with E-state index >= 15 is 0 Å². The van der Waals surface area contributed by atoms with Crippen molar-refractivity contribution in [3.8, 4) is 17.2 Å². The van der Waals surface area contributed by atoms with Gasteiger partial charge in [0.25, 0.3) is 0 Å². The van der Waals surface area contributed by atoms with Crippen molar-refractivity contribution in [1.82, 2.24) is 19.3 Å². The van der Waals surface area contributed by atoms with Crippen molar-refractivity contribution in [1.29, 1.82) is 0 Å². The van der Waals surface area contributed by atoms with Crippen LogP contribution in [0.2, 0.25) is 0 Å². The number of ether oxygens (including phenoxy) is 2. The molecule has 3 aromatic rings. The summed E-state index contributed by atoms with van der Waals surface area (Å²) in [4.78, 5) is 4.60. The number of aryl methyl sites for hydroxylation is 2. The third-order valence-corrected chi connectivity index (χ3v) is 3.84. The lowest BCUT2D eigenvalue weighted by Gasteiger charge is -2.09. The van der Waals surface area contributed by atoms with E-state index in [0.29, 0.717) is 5.88 Å². The van der Waals surface area contributed by atoms with E-state index in [1.807, 2.05) is 41.4 Å². The molecule has 0 saturated carbocycles. The van der Waals surface area contributed by atoms with Crippen LogP contribution in [0.5, 0.6) is 11.5 Å². The normalized spacial score (nSPS) is 13.3. The molecule has 21 heavy (non-hydrogen) atoms. The Morgan fingerprint density at radius 1 is 1.29 bits per heavy atom. The Bertz CT molecular complexity index is 852. The number of alkyl halides is 1. The third kappa shape index (κ3) is 1.72. The molecule has 1 aromatic carbocycles. The molecule has 0 N–H and O–H groups in total. The molecule has 0 amide bonds. The second-order valence-corrected chi connectivity index (χ2v) is 5.18. The van der Waals surface area contributed by atoms with Gasteiger partial charge in [-0.2, -0.15) is 5.10 Å².